The van der Waals surface area contributed by atoms with E-state index in [-0.39, 0.29) is 11.9 Å². The number of anilines is 1. The zero-order valence-corrected chi connectivity index (χ0v) is 10.6. The van der Waals surface area contributed by atoms with E-state index in [1.54, 1.807) is 12.1 Å². The molecule has 1 aromatic carbocycles. The van der Waals surface area contributed by atoms with Crippen LogP contribution >= 0.6 is 0 Å². The van der Waals surface area contributed by atoms with Crippen molar-refractivity contribution in [3.05, 3.63) is 24.3 Å². The summed E-state index contributed by atoms with van der Waals surface area (Å²) in [5, 5.41) is 23.2. The average molecular weight is 276 g/mol. The normalized spacial score (nSPS) is 31.2. The number of carbonyl (C=O) groups is 2. The monoisotopic (exact) mass is 276 g/mol. The van der Waals surface area contributed by atoms with Gasteiger partial charge >= 0.3 is 0 Å². The summed E-state index contributed by atoms with van der Waals surface area (Å²) in [7, 11) is 0. The number of carbonyl (C=O) groups excluding carboxylic acids is 2. The standard InChI is InChI=1S/C14H15NO5/c16-8-3-1-2-7(6-8)15-13(17)11-9-4-5-10(20-9)12(11)14(18)19/h1-3,6,9-12,16H,4-5H2,(H,15,17)(H,18,19)/p-1/t9-,10+,11+,12-/m1/s1. The van der Waals surface area contributed by atoms with Gasteiger partial charge < -0.3 is 25.1 Å². The van der Waals surface area contributed by atoms with E-state index in [4.69, 9.17) is 4.74 Å². The van der Waals surface area contributed by atoms with Gasteiger partial charge in [-0.25, -0.2) is 0 Å². The third kappa shape index (κ3) is 2.12. The van der Waals surface area contributed by atoms with E-state index in [2.05, 4.69) is 5.32 Å². The average Bonchev–Trinajstić information content (AvgIpc) is 2.98. The highest BCUT2D eigenvalue weighted by Gasteiger charge is 2.52. The molecule has 2 aliphatic rings. The summed E-state index contributed by atoms with van der Waals surface area (Å²) in [5.74, 6) is -3.25. The maximum Gasteiger partial charge on any atom is 0.230 e. The van der Waals surface area contributed by atoms with Crippen molar-refractivity contribution in [3.63, 3.8) is 0 Å². The number of carboxylic acids is 1. The number of ether oxygens (including phenoxy) is 1. The molecule has 1 amide bonds. The number of phenolic OH excluding ortho intramolecular Hbond substituents is 1. The summed E-state index contributed by atoms with van der Waals surface area (Å²) in [6.07, 6.45) is 0.552. The third-order valence-electron chi connectivity index (χ3n) is 3.96. The Balaban J connectivity index is 1.78. The molecule has 6 nitrogen and oxygen atoms in total. The van der Waals surface area contributed by atoms with E-state index in [1.165, 1.54) is 12.1 Å². The van der Waals surface area contributed by atoms with E-state index >= 15 is 0 Å². The van der Waals surface area contributed by atoms with Crippen LogP contribution in [0, 0.1) is 11.8 Å². The van der Waals surface area contributed by atoms with Crippen molar-refractivity contribution in [1.82, 2.24) is 0 Å². The fourth-order valence-electron chi connectivity index (χ4n) is 3.12. The number of rotatable bonds is 3. The number of aromatic hydroxyl groups is 1. The van der Waals surface area contributed by atoms with Crippen LogP contribution in [0.25, 0.3) is 0 Å². The number of amides is 1. The third-order valence-corrected chi connectivity index (χ3v) is 3.96. The van der Waals surface area contributed by atoms with Gasteiger partial charge in [-0.3, -0.25) is 4.79 Å². The molecule has 2 heterocycles. The first kappa shape index (κ1) is 12.9. The maximum atomic E-state index is 12.3. The van der Waals surface area contributed by atoms with Crippen molar-refractivity contribution in [3.8, 4) is 5.75 Å². The number of nitrogens with one attached hydrogen (secondary N) is 1. The summed E-state index contributed by atoms with van der Waals surface area (Å²) in [6.45, 7) is 0. The Morgan fingerprint density at radius 3 is 2.60 bits per heavy atom. The van der Waals surface area contributed by atoms with E-state index in [0.717, 1.165) is 0 Å². The molecule has 2 saturated heterocycles. The smallest absolute Gasteiger partial charge is 0.230 e. The predicted octanol–water partition coefficient (Wildman–Crippen LogP) is -0.126. The Morgan fingerprint density at radius 2 is 1.95 bits per heavy atom. The van der Waals surface area contributed by atoms with Gasteiger partial charge in [-0.15, -0.1) is 0 Å². The molecule has 2 N–H and O–H groups in total. The number of carboxylic acid groups (broad SMARTS) is 1. The summed E-state index contributed by atoms with van der Waals surface area (Å²) in [6, 6.07) is 6.11. The molecule has 6 heteroatoms. The summed E-state index contributed by atoms with van der Waals surface area (Å²) < 4.78 is 5.51. The van der Waals surface area contributed by atoms with Crippen LogP contribution < -0.4 is 10.4 Å². The van der Waals surface area contributed by atoms with Crippen LogP contribution in [-0.2, 0) is 14.3 Å². The van der Waals surface area contributed by atoms with Gasteiger partial charge in [0.2, 0.25) is 5.91 Å². The van der Waals surface area contributed by atoms with E-state index in [0.29, 0.717) is 18.5 Å². The molecular weight excluding hydrogens is 262 g/mol. The molecule has 2 bridgehead atoms. The van der Waals surface area contributed by atoms with E-state index < -0.39 is 29.8 Å². The number of hydrogen-bond acceptors (Lipinski definition) is 5. The van der Waals surface area contributed by atoms with E-state index in [1.807, 2.05) is 0 Å². The number of fused-ring (bicyclic) bond motifs is 2. The summed E-state index contributed by atoms with van der Waals surface area (Å²) in [4.78, 5) is 23.5. The number of phenols is 1. The highest BCUT2D eigenvalue weighted by atomic mass is 16.5. The van der Waals surface area contributed by atoms with Crippen LogP contribution in [-0.4, -0.2) is 29.2 Å². The molecule has 0 spiro atoms. The van der Waals surface area contributed by atoms with Crippen molar-refractivity contribution in [1.29, 1.82) is 0 Å². The topological polar surface area (TPSA) is 98.7 Å². The van der Waals surface area contributed by atoms with Gasteiger partial charge in [-0.05, 0) is 25.0 Å². The van der Waals surface area contributed by atoms with Crippen LogP contribution in [0.15, 0.2) is 24.3 Å². The molecule has 1 aromatic rings. The van der Waals surface area contributed by atoms with Crippen molar-refractivity contribution in [2.24, 2.45) is 11.8 Å². The quantitative estimate of drug-likeness (QED) is 0.801. The molecule has 2 aliphatic heterocycles. The molecule has 0 aliphatic carbocycles. The minimum Gasteiger partial charge on any atom is -0.550 e. The van der Waals surface area contributed by atoms with Crippen LogP contribution in [0.3, 0.4) is 0 Å². The Morgan fingerprint density at radius 1 is 1.25 bits per heavy atom. The van der Waals surface area contributed by atoms with Gasteiger partial charge in [-0.1, -0.05) is 6.07 Å². The van der Waals surface area contributed by atoms with Crippen LogP contribution in [0.4, 0.5) is 5.69 Å². The Kier molecular flexibility index (Phi) is 3.10. The SMILES string of the molecule is O=C(Nc1cccc(O)c1)[C@@H]1[C@H](C(=O)[O-])[C@@H]2CC[C@H]1O2. The molecule has 3 rings (SSSR count). The molecule has 0 aromatic heterocycles. The van der Waals surface area contributed by atoms with E-state index in [9.17, 15) is 19.8 Å². The zero-order valence-electron chi connectivity index (χ0n) is 10.6. The Hall–Kier alpha value is -2.08. The lowest BCUT2D eigenvalue weighted by Crippen LogP contribution is -2.46. The van der Waals surface area contributed by atoms with Gasteiger partial charge in [0.1, 0.15) is 5.75 Å². The predicted molar refractivity (Wildman–Crippen MR) is 66.6 cm³/mol. The van der Waals surface area contributed by atoms with Crippen molar-refractivity contribution >= 4 is 17.6 Å². The lowest BCUT2D eigenvalue weighted by molar-refractivity contribution is -0.313. The van der Waals surface area contributed by atoms with Crippen LogP contribution in [0.5, 0.6) is 5.75 Å². The molecule has 0 unspecified atom stereocenters. The van der Waals surface area contributed by atoms with Crippen LogP contribution in [0.1, 0.15) is 12.8 Å². The number of hydrogen-bond donors (Lipinski definition) is 2. The molecule has 0 saturated carbocycles. The molecule has 4 atom stereocenters. The largest absolute Gasteiger partial charge is 0.550 e. The molecule has 20 heavy (non-hydrogen) atoms. The fraction of sp³-hybridized carbons (Fsp3) is 0.429. The van der Waals surface area contributed by atoms with Gasteiger partial charge in [0.05, 0.1) is 18.1 Å². The summed E-state index contributed by atoms with van der Waals surface area (Å²) >= 11 is 0. The van der Waals surface area contributed by atoms with Crippen molar-refractivity contribution in [2.75, 3.05) is 5.32 Å². The second-order valence-electron chi connectivity index (χ2n) is 5.20. The first-order valence-electron chi connectivity index (χ1n) is 6.52. The van der Waals surface area contributed by atoms with Crippen molar-refractivity contribution < 1.29 is 24.5 Å². The van der Waals surface area contributed by atoms with Gasteiger partial charge in [-0.2, -0.15) is 0 Å². The molecule has 106 valence electrons. The second kappa shape index (κ2) is 4.79. The van der Waals surface area contributed by atoms with Gasteiger partial charge in [0.25, 0.3) is 0 Å². The number of benzene rings is 1. The van der Waals surface area contributed by atoms with Crippen LogP contribution in [0.2, 0.25) is 0 Å². The first-order valence-corrected chi connectivity index (χ1v) is 6.52. The second-order valence-corrected chi connectivity index (χ2v) is 5.20. The first-order chi connectivity index (χ1) is 9.56. The lowest BCUT2D eigenvalue weighted by atomic mass is 9.78. The van der Waals surface area contributed by atoms with Gasteiger partial charge in [0, 0.05) is 23.6 Å². The fourth-order valence-corrected chi connectivity index (χ4v) is 3.12. The highest BCUT2D eigenvalue weighted by molar-refractivity contribution is 5.96. The minimum absolute atomic E-state index is 0.0310. The van der Waals surface area contributed by atoms with Gasteiger partial charge in [0.15, 0.2) is 0 Å². The minimum atomic E-state index is -1.24. The van der Waals surface area contributed by atoms with Crippen molar-refractivity contribution in [2.45, 2.75) is 25.0 Å². The molecular formula is C14H14NO5-. The molecule has 2 fully saturated rings. The Bertz CT molecular complexity index is 558. The Labute approximate surface area is 115 Å². The maximum absolute atomic E-state index is 12.3. The lowest BCUT2D eigenvalue weighted by Gasteiger charge is -2.27. The zero-order chi connectivity index (χ0) is 14.3. The summed E-state index contributed by atoms with van der Waals surface area (Å²) in [5.41, 5.74) is 0.426. The highest BCUT2D eigenvalue weighted by Crippen LogP contribution is 2.43. The number of aliphatic carboxylic acids is 1. The molecule has 0 radical (unpaired) electrons.